The molecular formula is C13H14NO3P. The van der Waals surface area contributed by atoms with Crippen LogP contribution in [0.25, 0.3) is 0 Å². The minimum absolute atomic E-state index is 0.332. The van der Waals surface area contributed by atoms with Gasteiger partial charge in [-0.25, -0.2) is 0 Å². The molecule has 0 saturated carbocycles. The summed E-state index contributed by atoms with van der Waals surface area (Å²) in [4.78, 5) is 20.0. The van der Waals surface area contributed by atoms with E-state index in [0.29, 0.717) is 0 Å². The molecule has 0 amide bonds. The van der Waals surface area contributed by atoms with Gasteiger partial charge in [-0.3, -0.25) is 4.57 Å². The van der Waals surface area contributed by atoms with Crippen LogP contribution in [0.3, 0.4) is 0 Å². The lowest BCUT2D eigenvalue weighted by Crippen LogP contribution is -2.18. The van der Waals surface area contributed by atoms with Crippen molar-refractivity contribution in [3.63, 3.8) is 0 Å². The van der Waals surface area contributed by atoms with Crippen molar-refractivity contribution in [2.45, 2.75) is 0 Å². The largest absolute Gasteiger partial charge is 0.345 e. The SMILES string of the molecule is O=P(O)(O)CN(c1ccccc1)c1ccccc1. The molecule has 0 fully saturated rings. The summed E-state index contributed by atoms with van der Waals surface area (Å²) in [7, 11) is -4.13. The number of rotatable bonds is 4. The highest BCUT2D eigenvalue weighted by Gasteiger charge is 2.20. The van der Waals surface area contributed by atoms with Crippen molar-refractivity contribution in [3.05, 3.63) is 60.7 Å². The first-order valence-electron chi connectivity index (χ1n) is 5.48. The molecule has 0 unspecified atom stereocenters. The van der Waals surface area contributed by atoms with Gasteiger partial charge in [0.25, 0.3) is 0 Å². The van der Waals surface area contributed by atoms with Crippen LogP contribution in [0.2, 0.25) is 0 Å². The molecule has 2 aromatic rings. The van der Waals surface area contributed by atoms with E-state index in [2.05, 4.69) is 0 Å². The van der Waals surface area contributed by atoms with Crippen LogP contribution in [-0.2, 0) is 4.57 Å². The number of benzene rings is 2. The maximum atomic E-state index is 11.2. The van der Waals surface area contributed by atoms with E-state index in [0.717, 1.165) is 11.4 Å². The Labute approximate surface area is 106 Å². The minimum Gasteiger partial charge on any atom is -0.329 e. The fourth-order valence-electron chi connectivity index (χ4n) is 1.71. The second kappa shape index (κ2) is 5.36. The van der Waals surface area contributed by atoms with E-state index in [-0.39, 0.29) is 6.29 Å². The molecule has 0 spiro atoms. The van der Waals surface area contributed by atoms with Crippen molar-refractivity contribution < 1.29 is 14.4 Å². The summed E-state index contributed by atoms with van der Waals surface area (Å²) in [5, 5.41) is 0. The molecular weight excluding hydrogens is 249 g/mol. The quantitative estimate of drug-likeness (QED) is 0.832. The summed E-state index contributed by atoms with van der Waals surface area (Å²) in [6.45, 7) is 0. The van der Waals surface area contributed by atoms with E-state index in [1.165, 1.54) is 0 Å². The summed E-state index contributed by atoms with van der Waals surface area (Å²) in [6.07, 6.45) is -0.332. The molecule has 0 aliphatic carbocycles. The maximum absolute atomic E-state index is 11.2. The van der Waals surface area contributed by atoms with Gasteiger partial charge in [0.15, 0.2) is 0 Å². The molecule has 0 saturated heterocycles. The second-order valence-corrected chi connectivity index (χ2v) is 5.52. The van der Waals surface area contributed by atoms with Gasteiger partial charge < -0.3 is 14.7 Å². The highest BCUT2D eigenvalue weighted by atomic mass is 31.2. The molecule has 94 valence electrons. The first-order chi connectivity index (χ1) is 8.56. The topological polar surface area (TPSA) is 60.8 Å². The molecule has 5 heteroatoms. The average molecular weight is 263 g/mol. The molecule has 0 radical (unpaired) electrons. The van der Waals surface area contributed by atoms with E-state index in [1.54, 1.807) is 4.90 Å². The molecule has 18 heavy (non-hydrogen) atoms. The van der Waals surface area contributed by atoms with E-state index in [4.69, 9.17) is 0 Å². The third-order valence-electron chi connectivity index (χ3n) is 2.46. The summed E-state index contributed by atoms with van der Waals surface area (Å²) < 4.78 is 11.2. The number of hydrogen-bond donors (Lipinski definition) is 2. The van der Waals surface area contributed by atoms with E-state index >= 15 is 0 Å². The molecule has 0 atom stereocenters. The molecule has 0 aliphatic heterocycles. The Morgan fingerprint density at radius 3 is 1.56 bits per heavy atom. The van der Waals surface area contributed by atoms with Gasteiger partial charge >= 0.3 is 7.60 Å². The van der Waals surface area contributed by atoms with Gasteiger partial charge in [0.1, 0.15) is 6.29 Å². The van der Waals surface area contributed by atoms with Crippen molar-refractivity contribution in [2.24, 2.45) is 0 Å². The first-order valence-corrected chi connectivity index (χ1v) is 7.28. The highest BCUT2D eigenvalue weighted by Crippen LogP contribution is 2.40. The van der Waals surface area contributed by atoms with Crippen LogP contribution in [0.15, 0.2) is 60.7 Å². The predicted octanol–water partition coefficient (Wildman–Crippen LogP) is 2.96. The van der Waals surface area contributed by atoms with Crippen LogP contribution in [0.1, 0.15) is 0 Å². The zero-order valence-electron chi connectivity index (χ0n) is 9.68. The van der Waals surface area contributed by atoms with Gasteiger partial charge in [-0.2, -0.15) is 0 Å². The fourth-order valence-corrected chi connectivity index (χ4v) is 2.41. The molecule has 2 N–H and O–H groups in total. The van der Waals surface area contributed by atoms with Gasteiger partial charge in [-0.05, 0) is 24.3 Å². The summed E-state index contributed by atoms with van der Waals surface area (Å²) in [6, 6.07) is 18.4. The van der Waals surface area contributed by atoms with Gasteiger partial charge in [-0.1, -0.05) is 36.4 Å². The van der Waals surface area contributed by atoms with Crippen LogP contribution in [0, 0.1) is 0 Å². The van der Waals surface area contributed by atoms with Crippen molar-refractivity contribution in [1.82, 2.24) is 0 Å². The first kappa shape index (κ1) is 12.8. The van der Waals surface area contributed by atoms with Gasteiger partial charge in [0, 0.05) is 11.4 Å². The van der Waals surface area contributed by atoms with Crippen LogP contribution in [-0.4, -0.2) is 16.1 Å². The van der Waals surface area contributed by atoms with E-state index < -0.39 is 7.60 Å². The predicted molar refractivity (Wildman–Crippen MR) is 71.9 cm³/mol. The Hall–Kier alpha value is -1.61. The van der Waals surface area contributed by atoms with Crippen LogP contribution < -0.4 is 4.90 Å². The molecule has 0 aromatic heterocycles. The lowest BCUT2D eigenvalue weighted by atomic mass is 10.2. The van der Waals surface area contributed by atoms with Gasteiger partial charge in [0.05, 0.1) is 0 Å². The Bertz CT molecular complexity index is 499. The normalized spacial score (nSPS) is 11.2. The standard InChI is InChI=1S/C13H14NO3P/c15-18(16,17)11-14(12-7-3-1-4-8-12)13-9-5-2-6-10-13/h1-10H,11H2,(H2,15,16,17). The van der Waals surface area contributed by atoms with Gasteiger partial charge in [-0.15, -0.1) is 0 Å². The number of hydrogen-bond acceptors (Lipinski definition) is 2. The molecule has 0 aliphatic rings. The molecule has 0 heterocycles. The lowest BCUT2D eigenvalue weighted by molar-refractivity contribution is 0.373. The summed E-state index contributed by atoms with van der Waals surface area (Å²) in [5.74, 6) is 0. The second-order valence-electron chi connectivity index (χ2n) is 3.91. The van der Waals surface area contributed by atoms with Crippen molar-refractivity contribution >= 4 is 19.0 Å². The zero-order chi connectivity index (χ0) is 13.0. The van der Waals surface area contributed by atoms with Crippen molar-refractivity contribution in [3.8, 4) is 0 Å². The maximum Gasteiger partial charge on any atom is 0.345 e. The Morgan fingerprint density at radius 2 is 1.22 bits per heavy atom. The third-order valence-corrected chi connectivity index (χ3v) is 3.11. The van der Waals surface area contributed by atoms with Gasteiger partial charge in [0.2, 0.25) is 0 Å². The third kappa shape index (κ3) is 3.44. The number of para-hydroxylation sites is 2. The summed E-state index contributed by atoms with van der Waals surface area (Å²) in [5.41, 5.74) is 1.51. The summed E-state index contributed by atoms with van der Waals surface area (Å²) >= 11 is 0. The van der Waals surface area contributed by atoms with Crippen LogP contribution in [0.5, 0.6) is 0 Å². The number of anilines is 2. The van der Waals surface area contributed by atoms with E-state index in [1.807, 2.05) is 60.7 Å². The average Bonchev–Trinajstić information content (AvgIpc) is 2.37. The monoisotopic (exact) mass is 263 g/mol. The lowest BCUT2D eigenvalue weighted by Gasteiger charge is -2.25. The Balaban J connectivity index is 2.39. The van der Waals surface area contributed by atoms with Crippen LogP contribution in [0.4, 0.5) is 11.4 Å². The molecule has 2 aromatic carbocycles. The highest BCUT2D eigenvalue weighted by molar-refractivity contribution is 7.51. The van der Waals surface area contributed by atoms with Crippen LogP contribution >= 0.6 is 7.60 Å². The smallest absolute Gasteiger partial charge is 0.329 e. The fraction of sp³-hybridized carbons (Fsp3) is 0.0769. The molecule has 0 bridgehead atoms. The van der Waals surface area contributed by atoms with Crippen molar-refractivity contribution in [2.75, 3.05) is 11.2 Å². The molecule has 2 rings (SSSR count). The van der Waals surface area contributed by atoms with Crippen molar-refractivity contribution in [1.29, 1.82) is 0 Å². The zero-order valence-corrected chi connectivity index (χ0v) is 10.6. The van der Waals surface area contributed by atoms with E-state index in [9.17, 15) is 14.4 Å². The Kier molecular flexibility index (Phi) is 3.82. The minimum atomic E-state index is -4.13. The molecule has 4 nitrogen and oxygen atoms in total. The number of nitrogens with zero attached hydrogens (tertiary/aromatic N) is 1. The Morgan fingerprint density at radius 1 is 0.833 bits per heavy atom.